The van der Waals surface area contributed by atoms with Crippen LogP contribution in [0.5, 0.6) is 0 Å². The monoisotopic (exact) mass is 324 g/mol. The van der Waals surface area contributed by atoms with E-state index in [1.165, 1.54) is 17.4 Å². The number of amides is 1. The van der Waals surface area contributed by atoms with Crippen molar-refractivity contribution in [2.24, 2.45) is 0 Å². The molecule has 0 fully saturated rings. The Hall–Kier alpha value is -2.66. The second-order valence-electron chi connectivity index (χ2n) is 5.03. The highest BCUT2D eigenvalue weighted by Gasteiger charge is 2.07. The quantitative estimate of drug-likeness (QED) is 0.743. The van der Waals surface area contributed by atoms with Crippen LogP contribution in [-0.2, 0) is 11.3 Å². The molecule has 0 spiro atoms. The second-order valence-corrected chi connectivity index (χ2v) is 6.02. The summed E-state index contributed by atoms with van der Waals surface area (Å²) in [4.78, 5) is 23.9. The van der Waals surface area contributed by atoms with Gasteiger partial charge in [0.05, 0.1) is 10.2 Å². The number of anilines is 1. The molecule has 2 aromatic carbocycles. The van der Waals surface area contributed by atoms with Crippen LogP contribution in [0, 0.1) is 0 Å². The molecule has 1 aromatic heterocycles. The number of rotatable bonds is 4. The van der Waals surface area contributed by atoms with Gasteiger partial charge in [0.2, 0.25) is 5.91 Å². The van der Waals surface area contributed by atoms with Gasteiger partial charge in [0.15, 0.2) is 0 Å². The van der Waals surface area contributed by atoms with Gasteiger partial charge in [0.25, 0.3) is 0 Å². The van der Waals surface area contributed by atoms with Gasteiger partial charge >= 0.3 is 4.87 Å². The summed E-state index contributed by atoms with van der Waals surface area (Å²) in [6.07, 6.45) is 3.26. The number of fused-ring (bicyclic) bond motifs is 1. The highest BCUT2D eigenvalue weighted by atomic mass is 32.1. The van der Waals surface area contributed by atoms with Gasteiger partial charge in [0.1, 0.15) is 0 Å². The van der Waals surface area contributed by atoms with Gasteiger partial charge in [-0.3, -0.25) is 14.2 Å². The van der Waals surface area contributed by atoms with E-state index in [1.54, 1.807) is 10.6 Å². The molecule has 1 amide bonds. The zero-order valence-electron chi connectivity index (χ0n) is 12.7. The van der Waals surface area contributed by atoms with Crippen LogP contribution < -0.4 is 10.2 Å². The zero-order valence-corrected chi connectivity index (χ0v) is 13.5. The fourth-order valence-corrected chi connectivity index (χ4v) is 3.36. The predicted molar refractivity (Wildman–Crippen MR) is 95.9 cm³/mol. The molecule has 0 saturated carbocycles. The Morgan fingerprint density at radius 1 is 1.22 bits per heavy atom. The summed E-state index contributed by atoms with van der Waals surface area (Å²) in [5, 5.41) is 2.82. The Bertz CT molecular complexity index is 923. The number of hydrogen-bond donors (Lipinski definition) is 1. The Morgan fingerprint density at radius 3 is 2.74 bits per heavy atom. The van der Waals surface area contributed by atoms with Gasteiger partial charge in [-0.05, 0) is 36.8 Å². The topological polar surface area (TPSA) is 51.1 Å². The van der Waals surface area contributed by atoms with Crippen LogP contribution in [0.2, 0.25) is 0 Å². The third kappa shape index (κ3) is 3.40. The van der Waals surface area contributed by atoms with Crippen molar-refractivity contribution in [3.63, 3.8) is 0 Å². The minimum atomic E-state index is -0.199. The maximum atomic E-state index is 12.0. The fourth-order valence-electron chi connectivity index (χ4n) is 2.36. The standard InChI is InChI=1S/C18H16N2O2S/c1-2-20-15-10-9-14(12-16(15)23-18(20)22)19-17(21)11-8-13-6-4-3-5-7-13/h3-12H,2H2,1H3,(H,19,21)/b11-8+. The van der Waals surface area contributed by atoms with E-state index in [0.29, 0.717) is 12.2 Å². The molecule has 1 N–H and O–H groups in total. The number of carbonyl (C=O) groups is 1. The maximum absolute atomic E-state index is 12.0. The van der Waals surface area contributed by atoms with Crippen molar-refractivity contribution in [1.82, 2.24) is 4.57 Å². The number of nitrogens with zero attached hydrogens (tertiary/aromatic N) is 1. The number of benzene rings is 2. The van der Waals surface area contributed by atoms with Crippen molar-refractivity contribution in [2.45, 2.75) is 13.5 Å². The third-order valence-electron chi connectivity index (χ3n) is 3.48. The summed E-state index contributed by atoms with van der Waals surface area (Å²) in [7, 11) is 0. The lowest BCUT2D eigenvalue weighted by molar-refractivity contribution is -0.111. The molecule has 4 nitrogen and oxygen atoms in total. The van der Waals surface area contributed by atoms with Crippen LogP contribution in [0.25, 0.3) is 16.3 Å². The summed E-state index contributed by atoms with van der Waals surface area (Å²) in [5.41, 5.74) is 2.56. The molecule has 0 bridgehead atoms. The van der Waals surface area contributed by atoms with E-state index in [2.05, 4.69) is 5.32 Å². The van der Waals surface area contributed by atoms with Crippen LogP contribution in [0.3, 0.4) is 0 Å². The van der Waals surface area contributed by atoms with E-state index < -0.39 is 0 Å². The number of hydrogen-bond acceptors (Lipinski definition) is 3. The van der Waals surface area contributed by atoms with Gasteiger partial charge in [-0.15, -0.1) is 0 Å². The van der Waals surface area contributed by atoms with Crippen molar-refractivity contribution < 1.29 is 4.79 Å². The molecule has 0 aliphatic heterocycles. The molecule has 116 valence electrons. The molecule has 0 aliphatic carbocycles. The van der Waals surface area contributed by atoms with E-state index in [9.17, 15) is 9.59 Å². The number of thiazole rings is 1. The largest absolute Gasteiger partial charge is 0.322 e. The summed E-state index contributed by atoms with van der Waals surface area (Å²) in [6.45, 7) is 2.59. The molecule has 1 heterocycles. The first-order chi connectivity index (χ1) is 11.2. The molecule has 0 aliphatic rings. The van der Waals surface area contributed by atoms with Crippen molar-refractivity contribution in [2.75, 3.05) is 5.32 Å². The van der Waals surface area contributed by atoms with Crippen molar-refractivity contribution in [3.8, 4) is 0 Å². The average Bonchev–Trinajstić information content (AvgIpc) is 2.88. The highest BCUT2D eigenvalue weighted by molar-refractivity contribution is 7.16. The van der Waals surface area contributed by atoms with Crippen LogP contribution in [0.1, 0.15) is 12.5 Å². The molecule has 0 atom stereocenters. The Morgan fingerprint density at radius 2 is 2.00 bits per heavy atom. The minimum absolute atomic E-state index is 0.0231. The SMILES string of the molecule is CCn1c(=O)sc2cc(NC(=O)/C=C/c3ccccc3)ccc21. The predicted octanol–water partition coefficient (Wildman–Crippen LogP) is 3.73. The minimum Gasteiger partial charge on any atom is -0.322 e. The molecule has 5 heteroatoms. The van der Waals surface area contributed by atoms with Gasteiger partial charge < -0.3 is 5.32 Å². The van der Waals surface area contributed by atoms with Crippen LogP contribution in [-0.4, -0.2) is 10.5 Å². The number of carbonyl (C=O) groups excluding carboxylic acids is 1. The second kappa shape index (κ2) is 6.62. The van der Waals surface area contributed by atoms with Crippen molar-refractivity contribution in [3.05, 3.63) is 69.8 Å². The number of aromatic nitrogens is 1. The van der Waals surface area contributed by atoms with Crippen molar-refractivity contribution >= 4 is 39.2 Å². The highest BCUT2D eigenvalue weighted by Crippen LogP contribution is 2.21. The summed E-state index contributed by atoms with van der Waals surface area (Å²) < 4.78 is 2.60. The van der Waals surface area contributed by atoms with E-state index in [0.717, 1.165) is 15.8 Å². The first-order valence-corrected chi connectivity index (χ1v) is 8.16. The zero-order chi connectivity index (χ0) is 16.2. The van der Waals surface area contributed by atoms with E-state index >= 15 is 0 Å². The smallest absolute Gasteiger partial charge is 0.308 e. The van der Waals surface area contributed by atoms with Crippen LogP contribution >= 0.6 is 11.3 Å². The van der Waals surface area contributed by atoms with Crippen molar-refractivity contribution in [1.29, 1.82) is 0 Å². The molecule has 3 aromatic rings. The summed E-state index contributed by atoms with van der Waals surface area (Å²) in [5.74, 6) is -0.199. The van der Waals surface area contributed by atoms with Gasteiger partial charge in [-0.25, -0.2) is 0 Å². The first kappa shape index (κ1) is 15.2. The lowest BCUT2D eigenvalue weighted by atomic mass is 10.2. The summed E-state index contributed by atoms with van der Waals surface area (Å²) in [6, 6.07) is 15.2. The number of nitrogens with one attached hydrogen (secondary N) is 1. The summed E-state index contributed by atoms with van der Waals surface area (Å²) >= 11 is 1.19. The lowest BCUT2D eigenvalue weighted by Crippen LogP contribution is -2.10. The average molecular weight is 324 g/mol. The van der Waals surface area contributed by atoms with Crippen LogP contribution in [0.15, 0.2) is 59.4 Å². The fraction of sp³-hybridized carbons (Fsp3) is 0.111. The first-order valence-electron chi connectivity index (χ1n) is 7.35. The van der Waals surface area contributed by atoms with E-state index in [4.69, 9.17) is 0 Å². The molecule has 0 unspecified atom stereocenters. The molecule has 0 radical (unpaired) electrons. The Kier molecular flexibility index (Phi) is 4.39. The van der Waals surface area contributed by atoms with Crippen LogP contribution in [0.4, 0.5) is 5.69 Å². The number of aryl methyl sites for hydroxylation is 1. The maximum Gasteiger partial charge on any atom is 0.308 e. The van der Waals surface area contributed by atoms with E-state index in [1.807, 2.05) is 55.5 Å². The molecule has 23 heavy (non-hydrogen) atoms. The van der Waals surface area contributed by atoms with Gasteiger partial charge in [-0.2, -0.15) is 0 Å². The molecular formula is C18H16N2O2S. The Balaban J connectivity index is 1.77. The van der Waals surface area contributed by atoms with Gasteiger partial charge in [-0.1, -0.05) is 41.7 Å². The third-order valence-corrected chi connectivity index (χ3v) is 4.42. The molecule has 3 rings (SSSR count). The Labute approximate surface area is 137 Å². The molecule has 0 saturated heterocycles. The normalized spacial score (nSPS) is 11.2. The van der Waals surface area contributed by atoms with E-state index in [-0.39, 0.29) is 10.8 Å². The van der Waals surface area contributed by atoms with Gasteiger partial charge in [0, 0.05) is 18.3 Å². The molecular weight excluding hydrogens is 308 g/mol. The lowest BCUT2D eigenvalue weighted by Gasteiger charge is -2.03.